The molecule has 0 fully saturated rings. The van der Waals surface area contributed by atoms with Crippen molar-refractivity contribution in [3.8, 4) is 0 Å². The Morgan fingerprint density at radius 2 is 2.05 bits per heavy atom. The largest absolute Gasteiger partial charge is 0.416 e. The fraction of sp³-hybridized carbons (Fsp3) is 0.500. The van der Waals surface area contributed by atoms with E-state index in [0.29, 0.717) is 0 Å². The van der Waals surface area contributed by atoms with Crippen molar-refractivity contribution in [2.75, 3.05) is 0 Å². The number of hydrogen-bond acceptors (Lipinski definition) is 3. The van der Waals surface area contributed by atoms with Crippen LogP contribution in [-0.2, 0) is 22.4 Å². The molecule has 0 bridgehead atoms. The maximum Gasteiger partial charge on any atom is 0.416 e. The summed E-state index contributed by atoms with van der Waals surface area (Å²) in [5.74, 6) is 0. The first-order chi connectivity index (χ1) is 8.62. The summed E-state index contributed by atoms with van der Waals surface area (Å²) in [6, 6.07) is 2.67. The van der Waals surface area contributed by atoms with E-state index in [9.17, 15) is 26.7 Å². The molecule has 7 heteroatoms. The van der Waals surface area contributed by atoms with Crippen molar-refractivity contribution < 1.29 is 26.7 Å². The SMILES string of the molecule is CC(O)CC1Cc2cc(C(F)(F)F)ccc2S1(=O)=O. The van der Waals surface area contributed by atoms with Gasteiger partial charge in [0.2, 0.25) is 0 Å². The molecule has 0 radical (unpaired) electrons. The fourth-order valence-corrected chi connectivity index (χ4v) is 4.37. The van der Waals surface area contributed by atoms with E-state index in [1.54, 1.807) is 0 Å². The fourth-order valence-electron chi connectivity index (χ4n) is 2.32. The minimum Gasteiger partial charge on any atom is -0.393 e. The van der Waals surface area contributed by atoms with Gasteiger partial charge in [-0.1, -0.05) is 0 Å². The van der Waals surface area contributed by atoms with E-state index >= 15 is 0 Å². The van der Waals surface area contributed by atoms with Gasteiger partial charge in [0.1, 0.15) is 0 Å². The Bertz CT molecular complexity index is 591. The maximum atomic E-state index is 12.6. The van der Waals surface area contributed by atoms with E-state index < -0.39 is 32.9 Å². The molecule has 1 aliphatic heterocycles. The molecule has 1 aromatic rings. The van der Waals surface area contributed by atoms with Crippen LogP contribution in [0.4, 0.5) is 13.2 Å². The first-order valence-electron chi connectivity index (χ1n) is 5.74. The molecule has 1 N–H and O–H groups in total. The molecule has 0 saturated heterocycles. The van der Waals surface area contributed by atoms with Crippen LogP contribution in [0, 0.1) is 0 Å². The summed E-state index contributed by atoms with van der Waals surface area (Å²) < 4.78 is 61.9. The van der Waals surface area contributed by atoms with Crippen molar-refractivity contribution in [2.45, 2.75) is 42.2 Å². The van der Waals surface area contributed by atoms with Gasteiger partial charge in [0.05, 0.1) is 21.8 Å². The molecule has 3 nitrogen and oxygen atoms in total. The lowest BCUT2D eigenvalue weighted by Crippen LogP contribution is -2.22. The number of rotatable bonds is 2. The number of fused-ring (bicyclic) bond motifs is 1. The number of alkyl halides is 3. The molecule has 2 unspecified atom stereocenters. The molecule has 1 heterocycles. The first-order valence-corrected chi connectivity index (χ1v) is 7.29. The Hall–Kier alpha value is -1.08. The summed E-state index contributed by atoms with van der Waals surface area (Å²) >= 11 is 0. The molecule has 0 saturated carbocycles. The maximum absolute atomic E-state index is 12.6. The van der Waals surface area contributed by atoms with Gasteiger partial charge < -0.3 is 5.11 Å². The van der Waals surface area contributed by atoms with Gasteiger partial charge in [0, 0.05) is 0 Å². The second kappa shape index (κ2) is 4.49. The van der Waals surface area contributed by atoms with Crippen molar-refractivity contribution in [1.82, 2.24) is 0 Å². The van der Waals surface area contributed by atoms with E-state index in [-0.39, 0.29) is 23.3 Å². The van der Waals surface area contributed by atoms with Crippen molar-refractivity contribution in [1.29, 1.82) is 0 Å². The summed E-state index contributed by atoms with van der Waals surface area (Å²) in [5, 5.41) is 8.42. The number of aliphatic hydroxyl groups is 1. The zero-order valence-electron chi connectivity index (χ0n) is 10.1. The third-order valence-electron chi connectivity index (χ3n) is 3.18. The summed E-state index contributed by atoms with van der Waals surface area (Å²) in [6.07, 6.45) is -5.25. The van der Waals surface area contributed by atoms with Gasteiger partial charge >= 0.3 is 6.18 Å². The molecule has 0 spiro atoms. The smallest absolute Gasteiger partial charge is 0.393 e. The van der Waals surface area contributed by atoms with Crippen LogP contribution in [0.5, 0.6) is 0 Å². The average molecular weight is 294 g/mol. The highest BCUT2D eigenvalue weighted by atomic mass is 32.2. The van der Waals surface area contributed by atoms with Crippen LogP contribution in [0.2, 0.25) is 0 Å². The van der Waals surface area contributed by atoms with Gasteiger partial charge in [-0.25, -0.2) is 8.42 Å². The van der Waals surface area contributed by atoms with E-state index in [4.69, 9.17) is 0 Å². The molecule has 1 aromatic carbocycles. The Morgan fingerprint density at radius 3 is 2.58 bits per heavy atom. The normalized spacial score (nSPS) is 23.1. The zero-order valence-corrected chi connectivity index (χ0v) is 10.9. The number of aliphatic hydroxyl groups excluding tert-OH is 1. The lowest BCUT2D eigenvalue weighted by molar-refractivity contribution is -0.137. The highest BCUT2D eigenvalue weighted by Crippen LogP contribution is 2.37. The second-order valence-corrected chi connectivity index (χ2v) is 6.97. The summed E-state index contributed by atoms with van der Waals surface area (Å²) in [6.45, 7) is 1.46. The molecule has 1 aliphatic rings. The highest BCUT2D eigenvalue weighted by Gasteiger charge is 2.39. The number of hydrogen-bond donors (Lipinski definition) is 1. The summed E-state index contributed by atoms with van der Waals surface area (Å²) in [7, 11) is -3.63. The minimum absolute atomic E-state index is 0.0203. The monoisotopic (exact) mass is 294 g/mol. The Labute approximate surface area is 109 Å². The summed E-state index contributed by atoms with van der Waals surface area (Å²) in [5.41, 5.74) is -0.667. The van der Waals surface area contributed by atoms with E-state index in [2.05, 4.69) is 0 Å². The quantitative estimate of drug-likeness (QED) is 0.909. The van der Waals surface area contributed by atoms with Gasteiger partial charge in [0.25, 0.3) is 0 Å². The Morgan fingerprint density at radius 1 is 1.42 bits per heavy atom. The van der Waals surface area contributed by atoms with E-state index in [0.717, 1.165) is 18.2 Å². The minimum atomic E-state index is -4.48. The highest BCUT2D eigenvalue weighted by molar-refractivity contribution is 7.92. The van der Waals surface area contributed by atoms with Gasteiger partial charge in [-0.2, -0.15) is 13.2 Å². The average Bonchev–Trinajstić information content (AvgIpc) is 2.48. The van der Waals surface area contributed by atoms with Gasteiger partial charge in [-0.3, -0.25) is 0 Å². The third kappa shape index (κ3) is 2.62. The lowest BCUT2D eigenvalue weighted by atomic mass is 10.0. The predicted octanol–water partition coefficient (Wildman–Crippen LogP) is 2.17. The molecule has 106 valence electrons. The topological polar surface area (TPSA) is 54.4 Å². The Kier molecular flexibility index (Phi) is 3.38. The third-order valence-corrected chi connectivity index (χ3v) is 5.43. The second-order valence-electron chi connectivity index (χ2n) is 4.78. The van der Waals surface area contributed by atoms with E-state index in [1.807, 2.05) is 0 Å². The molecular weight excluding hydrogens is 281 g/mol. The number of halogens is 3. The van der Waals surface area contributed by atoms with Crippen LogP contribution in [0.1, 0.15) is 24.5 Å². The molecule has 0 amide bonds. The van der Waals surface area contributed by atoms with Crippen LogP contribution in [-0.4, -0.2) is 24.9 Å². The molecule has 0 aromatic heterocycles. The predicted molar refractivity (Wildman–Crippen MR) is 62.4 cm³/mol. The molecule has 2 rings (SSSR count). The number of sulfone groups is 1. The molecular formula is C12H13F3O3S. The van der Waals surface area contributed by atoms with Gasteiger partial charge in [0.15, 0.2) is 9.84 Å². The lowest BCUT2D eigenvalue weighted by Gasteiger charge is -2.10. The van der Waals surface area contributed by atoms with Crippen molar-refractivity contribution in [2.24, 2.45) is 0 Å². The van der Waals surface area contributed by atoms with Crippen molar-refractivity contribution >= 4 is 9.84 Å². The van der Waals surface area contributed by atoms with Crippen molar-refractivity contribution in [3.63, 3.8) is 0 Å². The van der Waals surface area contributed by atoms with Gasteiger partial charge in [-0.05, 0) is 43.5 Å². The first kappa shape index (κ1) is 14.3. The number of benzene rings is 1. The molecule has 2 atom stereocenters. The molecule has 19 heavy (non-hydrogen) atoms. The molecule has 0 aliphatic carbocycles. The summed E-state index contributed by atoms with van der Waals surface area (Å²) in [4.78, 5) is -0.0499. The van der Waals surface area contributed by atoms with Crippen LogP contribution in [0.3, 0.4) is 0 Å². The van der Waals surface area contributed by atoms with Crippen LogP contribution in [0.15, 0.2) is 23.1 Å². The van der Waals surface area contributed by atoms with E-state index in [1.165, 1.54) is 6.92 Å². The van der Waals surface area contributed by atoms with Crippen LogP contribution >= 0.6 is 0 Å². The van der Waals surface area contributed by atoms with Gasteiger partial charge in [-0.15, -0.1) is 0 Å². The Balaban J connectivity index is 2.43. The standard InChI is InChI=1S/C12H13F3O3S/c1-7(16)4-10-6-8-5-9(12(13,14)15)2-3-11(8)19(10,17)18/h2-3,5,7,10,16H,4,6H2,1H3. The van der Waals surface area contributed by atoms with Crippen LogP contribution < -0.4 is 0 Å². The van der Waals surface area contributed by atoms with Crippen LogP contribution in [0.25, 0.3) is 0 Å². The van der Waals surface area contributed by atoms with Crippen molar-refractivity contribution in [3.05, 3.63) is 29.3 Å². The zero-order chi connectivity index (χ0) is 14.4.